The molecule has 13 heavy (non-hydrogen) atoms. The Morgan fingerprint density at radius 1 is 1.77 bits per heavy atom. The number of aliphatic hydroxyl groups is 1. The van der Waals surface area contributed by atoms with Crippen LogP contribution in [-0.2, 0) is 4.79 Å². The molecule has 0 aromatic rings. The number of nitrogens with one attached hydrogen (secondary N) is 1. The van der Waals surface area contributed by atoms with Crippen LogP contribution in [-0.4, -0.2) is 41.7 Å². The second kappa shape index (κ2) is 4.55. The molecule has 1 aliphatic rings. The molecule has 0 radical (unpaired) electrons. The van der Waals surface area contributed by atoms with Gasteiger partial charge >= 0.3 is 0 Å². The van der Waals surface area contributed by atoms with Crippen molar-refractivity contribution in [2.45, 2.75) is 19.4 Å². The van der Waals surface area contributed by atoms with Crippen molar-refractivity contribution in [1.82, 2.24) is 10.3 Å². The first-order valence-electron chi connectivity index (χ1n) is 4.53. The SMILES string of the molecule is CC1CCN(CC(=O)NN)C1CO. The molecule has 1 amide bonds. The molecule has 0 aromatic heterocycles. The van der Waals surface area contributed by atoms with Crippen molar-refractivity contribution < 1.29 is 9.90 Å². The lowest BCUT2D eigenvalue weighted by molar-refractivity contribution is -0.122. The van der Waals surface area contributed by atoms with E-state index < -0.39 is 0 Å². The number of carbonyl (C=O) groups excluding carboxylic acids is 1. The Balaban J connectivity index is 2.45. The Labute approximate surface area is 77.9 Å². The minimum Gasteiger partial charge on any atom is -0.395 e. The van der Waals surface area contributed by atoms with E-state index in [-0.39, 0.29) is 25.1 Å². The summed E-state index contributed by atoms with van der Waals surface area (Å²) < 4.78 is 0. The van der Waals surface area contributed by atoms with Gasteiger partial charge in [0, 0.05) is 6.04 Å². The van der Waals surface area contributed by atoms with Gasteiger partial charge in [0.2, 0.25) is 5.91 Å². The third-order valence-corrected chi connectivity index (χ3v) is 2.69. The molecule has 0 spiro atoms. The number of amides is 1. The van der Waals surface area contributed by atoms with E-state index in [9.17, 15) is 4.79 Å². The molecule has 2 atom stereocenters. The maximum Gasteiger partial charge on any atom is 0.248 e. The molecular formula is C8H17N3O2. The van der Waals surface area contributed by atoms with E-state index in [0.717, 1.165) is 13.0 Å². The van der Waals surface area contributed by atoms with E-state index in [1.807, 2.05) is 4.90 Å². The fourth-order valence-electron chi connectivity index (χ4n) is 1.81. The molecule has 0 bridgehead atoms. The molecule has 5 heteroatoms. The second-order valence-electron chi connectivity index (χ2n) is 3.55. The van der Waals surface area contributed by atoms with Crippen LogP contribution in [0.1, 0.15) is 13.3 Å². The summed E-state index contributed by atoms with van der Waals surface area (Å²) in [5.41, 5.74) is 2.09. The van der Waals surface area contributed by atoms with E-state index >= 15 is 0 Å². The molecular weight excluding hydrogens is 170 g/mol. The molecule has 2 unspecified atom stereocenters. The summed E-state index contributed by atoms with van der Waals surface area (Å²) in [6.45, 7) is 3.34. The van der Waals surface area contributed by atoms with Gasteiger partial charge in [0.1, 0.15) is 0 Å². The number of likely N-dealkylation sites (tertiary alicyclic amines) is 1. The van der Waals surface area contributed by atoms with E-state index in [2.05, 4.69) is 12.3 Å². The average Bonchev–Trinajstić information content (AvgIpc) is 2.46. The van der Waals surface area contributed by atoms with Gasteiger partial charge in [0.15, 0.2) is 0 Å². The summed E-state index contributed by atoms with van der Waals surface area (Å²) in [7, 11) is 0. The highest BCUT2D eigenvalue weighted by Gasteiger charge is 2.31. The molecule has 1 saturated heterocycles. The lowest BCUT2D eigenvalue weighted by atomic mass is 10.0. The topological polar surface area (TPSA) is 78.6 Å². The third-order valence-electron chi connectivity index (χ3n) is 2.69. The predicted octanol–water partition coefficient (Wildman–Crippen LogP) is -1.32. The van der Waals surface area contributed by atoms with Crippen LogP contribution in [0.2, 0.25) is 0 Å². The van der Waals surface area contributed by atoms with Crippen molar-refractivity contribution in [2.75, 3.05) is 19.7 Å². The van der Waals surface area contributed by atoms with Gasteiger partial charge in [-0.1, -0.05) is 6.92 Å². The lowest BCUT2D eigenvalue weighted by Crippen LogP contribution is -2.44. The van der Waals surface area contributed by atoms with Crippen LogP contribution in [0.4, 0.5) is 0 Å². The zero-order valence-electron chi connectivity index (χ0n) is 7.86. The van der Waals surface area contributed by atoms with Crippen LogP contribution in [0.15, 0.2) is 0 Å². The predicted molar refractivity (Wildman–Crippen MR) is 48.6 cm³/mol. The Morgan fingerprint density at radius 3 is 3.00 bits per heavy atom. The maximum absolute atomic E-state index is 11.0. The van der Waals surface area contributed by atoms with E-state index in [1.165, 1.54) is 0 Å². The van der Waals surface area contributed by atoms with Crippen LogP contribution in [0.3, 0.4) is 0 Å². The van der Waals surface area contributed by atoms with Crippen LogP contribution < -0.4 is 11.3 Å². The largest absolute Gasteiger partial charge is 0.395 e. The average molecular weight is 187 g/mol. The molecule has 5 nitrogen and oxygen atoms in total. The smallest absolute Gasteiger partial charge is 0.248 e. The van der Waals surface area contributed by atoms with Gasteiger partial charge in [-0.25, -0.2) is 5.84 Å². The van der Waals surface area contributed by atoms with Crippen molar-refractivity contribution in [3.8, 4) is 0 Å². The molecule has 0 saturated carbocycles. The summed E-state index contributed by atoms with van der Waals surface area (Å²) in [6.07, 6.45) is 1.03. The molecule has 0 aromatic carbocycles. The van der Waals surface area contributed by atoms with Crippen LogP contribution in [0.5, 0.6) is 0 Å². The van der Waals surface area contributed by atoms with Crippen molar-refractivity contribution >= 4 is 5.91 Å². The minimum atomic E-state index is -0.201. The van der Waals surface area contributed by atoms with Crippen molar-refractivity contribution in [3.63, 3.8) is 0 Å². The van der Waals surface area contributed by atoms with E-state index in [0.29, 0.717) is 5.92 Å². The summed E-state index contributed by atoms with van der Waals surface area (Å²) in [5, 5.41) is 9.09. The number of hydrogen-bond donors (Lipinski definition) is 3. The number of aliphatic hydroxyl groups excluding tert-OH is 1. The highest BCUT2D eigenvalue weighted by atomic mass is 16.3. The second-order valence-corrected chi connectivity index (χ2v) is 3.55. The van der Waals surface area contributed by atoms with Crippen molar-refractivity contribution in [1.29, 1.82) is 0 Å². The van der Waals surface area contributed by atoms with E-state index in [4.69, 9.17) is 10.9 Å². The van der Waals surface area contributed by atoms with Gasteiger partial charge in [0.05, 0.1) is 13.2 Å². The first-order chi connectivity index (χ1) is 6.19. The fourth-order valence-corrected chi connectivity index (χ4v) is 1.81. The third kappa shape index (κ3) is 2.40. The molecule has 1 heterocycles. The normalized spacial score (nSPS) is 29.2. The monoisotopic (exact) mass is 187 g/mol. The quantitative estimate of drug-likeness (QED) is 0.291. The lowest BCUT2D eigenvalue weighted by Gasteiger charge is -2.23. The van der Waals surface area contributed by atoms with Gasteiger partial charge in [-0.05, 0) is 18.9 Å². The van der Waals surface area contributed by atoms with Crippen molar-refractivity contribution in [2.24, 2.45) is 11.8 Å². The molecule has 1 rings (SSSR count). The van der Waals surface area contributed by atoms with Gasteiger partial charge in [-0.2, -0.15) is 0 Å². The van der Waals surface area contributed by atoms with Gasteiger partial charge in [-0.3, -0.25) is 15.1 Å². The van der Waals surface area contributed by atoms with Crippen LogP contribution >= 0.6 is 0 Å². The Bertz CT molecular complexity index is 186. The molecule has 76 valence electrons. The molecule has 4 N–H and O–H groups in total. The maximum atomic E-state index is 11.0. The van der Waals surface area contributed by atoms with Crippen LogP contribution in [0, 0.1) is 5.92 Å². The summed E-state index contributed by atoms with van der Waals surface area (Å²) in [6, 6.07) is 0.109. The Hall–Kier alpha value is -0.650. The first kappa shape index (κ1) is 10.4. The minimum absolute atomic E-state index is 0.109. The standard InChI is InChI=1S/C8H17N3O2/c1-6-2-3-11(7(6)5-12)4-8(13)10-9/h6-7,12H,2-5,9H2,1H3,(H,10,13). The number of nitrogens with zero attached hydrogens (tertiary/aromatic N) is 1. The van der Waals surface area contributed by atoms with Crippen LogP contribution in [0.25, 0.3) is 0 Å². The fraction of sp³-hybridized carbons (Fsp3) is 0.875. The highest BCUT2D eigenvalue weighted by Crippen LogP contribution is 2.22. The summed E-state index contributed by atoms with van der Waals surface area (Å²) in [5.74, 6) is 5.24. The van der Waals surface area contributed by atoms with E-state index in [1.54, 1.807) is 0 Å². The number of carbonyl (C=O) groups is 1. The summed E-state index contributed by atoms with van der Waals surface area (Å²) >= 11 is 0. The highest BCUT2D eigenvalue weighted by molar-refractivity contribution is 5.77. The number of nitrogens with two attached hydrogens (primary N) is 1. The zero-order chi connectivity index (χ0) is 9.84. The molecule has 1 aliphatic heterocycles. The summed E-state index contributed by atoms with van der Waals surface area (Å²) in [4.78, 5) is 12.9. The zero-order valence-corrected chi connectivity index (χ0v) is 7.86. The van der Waals surface area contributed by atoms with Crippen molar-refractivity contribution in [3.05, 3.63) is 0 Å². The number of rotatable bonds is 3. The molecule has 1 fully saturated rings. The van der Waals surface area contributed by atoms with Gasteiger partial charge in [0.25, 0.3) is 0 Å². The number of hydrazine groups is 1. The Morgan fingerprint density at radius 2 is 2.46 bits per heavy atom. The van der Waals surface area contributed by atoms with Gasteiger partial charge < -0.3 is 5.11 Å². The molecule has 0 aliphatic carbocycles. The Kier molecular flexibility index (Phi) is 3.65. The van der Waals surface area contributed by atoms with Gasteiger partial charge in [-0.15, -0.1) is 0 Å². The number of hydrogen-bond acceptors (Lipinski definition) is 4. The first-order valence-corrected chi connectivity index (χ1v) is 4.53.